The third-order valence-electron chi connectivity index (χ3n) is 3.70. The van der Waals surface area contributed by atoms with Crippen LogP contribution in [-0.2, 0) is 0 Å². The first kappa shape index (κ1) is 21.8. The molecule has 140 valence electrons. The Balaban J connectivity index is 3.15. The summed E-state index contributed by atoms with van der Waals surface area (Å²) in [7, 11) is -3.10. The van der Waals surface area contributed by atoms with Crippen molar-refractivity contribution < 1.29 is 15.0 Å². The highest BCUT2D eigenvalue weighted by atomic mass is 28.3. The maximum Gasteiger partial charge on any atom is 0.254 e. The Morgan fingerprint density at radius 3 is 2.12 bits per heavy atom. The molecule has 1 aromatic rings. The number of nitrogens with zero attached hydrogens (tertiary/aromatic N) is 1. The van der Waals surface area contributed by atoms with Gasteiger partial charge in [0.2, 0.25) is 0 Å². The first-order valence-corrected chi connectivity index (χ1v) is 16.1. The van der Waals surface area contributed by atoms with Crippen LogP contribution in [0.25, 0.3) is 0 Å². The first-order chi connectivity index (χ1) is 11.4. The average molecular weight is 380 g/mol. The third-order valence-corrected chi connectivity index (χ3v) is 6.18. The topological polar surface area (TPSA) is 60.8 Å². The summed E-state index contributed by atoms with van der Waals surface area (Å²) in [5, 5.41) is 20.6. The Kier molecular flexibility index (Phi) is 7.80. The summed E-state index contributed by atoms with van der Waals surface area (Å²) in [6, 6.07) is 8.45. The van der Waals surface area contributed by atoms with Gasteiger partial charge in [0.15, 0.2) is 0 Å². The van der Waals surface area contributed by atoms with Crippen LogP contribution in [-0.4, -0.2) is 62.1 Å². The van der Waals surface area contributed by atoms with Crippen LogP contribution in [0.5, 0.6) is 0 Å². The lowest BCUT2D eigenvalue weighted by molar-refractivity contribution is 0.0355. The van der Waals surface area contributed by atoms with Gasteiger partial charge in [0, 0.05) is 11.7 Å². The minimum absolute atomic E-state index is 0.137. The van der Waals surface area contributed by atoms with Crippen molar-refractivity contribution in [1.29, 1.82) is 0 Å². The molecule has 0 spiro atoms. The summed E-state index contributed by atoms with van der Waals surface area (Å²) in [6.45, 7) is 12.8. The van der Waals surface area contributed by atoms with Crippen LogP contribution in [0, 0.1) is 0 Å². The highest BCUT2D eigenvalue weighted by Gasteiger charge is 2.32. The van der Waals surface area contributed by atoms with Gasteiger partial charge < -0.3 is 15.1 Å². The molecule has 1 aromatic carbocycles. The largest absolute Gasteiger partial charge is 0.394 e. The monoisotopic (exact) mass is 379 g/mol. The predicted molar refractivity (Wildman–Crippen MR) is 110 cm³/mol. The van der Waals surface area contributed by atoms with E-state index in [1.807, 2.05) is 18.2 Å². The van der Waals surface area contributed by atoms with Gasteiger partial charge in [0.05, 0.1) is 34.9 Å². The van der Waals surface area contributed by atoms with E-state index in [4.69, 9.17) is 0 Å². The minimum Gasteiger partial charge on any atom is -0.394 e. The van der Waals surface area contributed by atoms with Gasteiger partial charge in [-0.05, 0) is 12.1 Å². The van der Waals surface area contributed by atoms with Gasteiger partial charge in [-0.1, -0.05) is 69.3 Å². The van der Waals surface area contributed by atoms with E-state index in [1.54, 1.807) is 23.1 Å². The van der Waals surface area contributed by atoms with E-state index < -0.39 is 28.3 Å². The minimum atomic E-state index is -1.63. The van der Waals surface area contributed by atoms with E-state index in [0.717, 1.165) is 0 Å². The molecule has 0 radical (unpaired) electrons. The van der Waals surface area contributed by atoms with Crippen molar-refractivity contribution >= 4 is 22.1 Å². The highest BCUT2D eigenvalue weighted by molar-refractivity contribution is 6.81. The van der Waals surface area contributed by atoms with Crippen molar-refractivity contribution in [1.82, 2.24) is 4.90 Å². The fourth-order valence-corrected chi connectivity index (χ4v) is 4.68. The molecule has 0 aliphatic heterocycles. The molecule has 0 aromatic heterocycles. The summed E-state index contributed by atoms with van der Waals surface area (Å²) < 4.78 is 0. The van der Waals surface area contributed by atoms with Crippen molar-refractivity contribution in [2.24, 2.45) is 0 Å². The van der Waals surface area contributed by atoms with Crippen LogP contribution in [0.15, 0.2) is 42.1 Å². The lowest BCUT2D eigenvalue weighted by Gasteiger charge is -2.37. The van der Waals surface area contributed by atoms with Gasteiger partial charge in [-0.3, -0.25) is 4.79 Å². The Labute approximate surface area is 154 Å². The molecule has 1 rings (SSSR count). The van der Waals surface area contributed by atoms with Crippen LogP contribution in [0.2, 0.25) is 39.3 Å². The van der Waals surface area contributed by atoms with Crippen molar-refractivity contribution in [3.8, 4) is 0 Å². The summed E-state index contributed by atoms with van der Waals surface area (Å²) >= 11 is 0. The number of carbonyl (C=O) groups is 1. The third kappa shape index (κ3) is 7.69. The molecule has 4 nitrogen and oxygen atoms in total. The maximum absolute atomic E-state index is 13.0. The van der Waals surface area contributed by atoms with Crippen LogP contribution in [0.3, 0.4) is 0 Å². The smallest absolute Gasteiger partial charge is 0.254 e. The zero-order valence-electron chi connectivity index (χ0n) is 16.4. The number of amides is 1. The van der Waals surface area contributed by atoms with Crippen molar-refractivity contribution in [3.63, 3.8) is 0 Å². The Hall–Kier alpha value is -1.22. The highest BCUT2D eigenvalue weighted by Crippen LogP contribution is 2.17. The van der Waals surface area contributed by atoms with E-state index >= 15 is 0 Å². The molecule has 0 saturated heterocycles. The molecule has 0 bridgehead atoms. The van der Waals surface area contributed by atoms with Crippen molar-refractivity contribution in [3.05, 3.63) is 47.7 Å². The van der Waals surface area contributed by atoms with Crippen LogP contribution in [0.4, 0.5) is 0 Å². The molecule has 0 saturated carbocycles. The zero-order chi connectivity index (χ0) is 19.3. The van der Waals surface area contributed by atoms with Gasteiger partial charge in [-0.15, -0.1) is 0 Å². The molecule has 0 heterocycles. The molecule has 6 heteroatoms. The predicted octanol–water partition coefficient (Wildman–Crippen LogP) is 3.16. The molecule has 2 atom stereocenters. The molecule has 0 aliphatic rings. The second-order valence-corrected chi connectivity index (χ2v) is 19.3. The average Bonchev–Trinajstić information content (AvgIpc) is 2.51. The Morgan fingerprint density at radius 1 is 1.12 bits per heavy atom. The van der Waals surface area contributed by atoms with Crippen LogP contribution in [0.1, 0.15) is 10.4 Å². The lowest BCUT2D eigenvalue weighted by Crippen LogP contribution is -2.54. The molecule has 25 heavy (non-hydrogen) atoms. The number of rotatable bonds is 8. The molecule has 0 unspecified atom stereocenters. The molecular weight excluding hydrogens is 346 g/mol. The fourth-order valence-electron chi connectivity index (χ4n) is 2.50. The zero-order valence-corrected chi connectivity index (χ0v) is 18.4. The second kappa shape index (κ2) is 8.94. The van der Waals surface area contributed by atoms with Crippen molar-refractivity contribution in [2.75, 3.05) is 12.8 Å². The van der Waals surface area contributed by atoms with Crippen molar-refractivity contribution in [2.45, 2.75) is 51.4 Å². The molecular formula is C19H33NO3Si2. The number of benzene rings is 1. The normalized spacial score (nSPS) is 15.2. The Bertz CT molecular complexity index is 577. The number of aliphatic hydroxyl groups excluding tert-OH is 2. The summed E-state index contributed by atoms with van der Waals surface area (Å²) in [5.74, 6) is -0.137. The number of aliphatic hydroxyl groups is 2. The number of carbonyl (C=O) groups excluding carboxylic acids is 1. The summed E-state index contributed by atoms with van der Waals surface area (Å²) in [4.78, 5) is 14.7. The Morgan fingerprint density at radius 2 is 1.68 bits per heavy atom. The van der Waals surface area contributed by atoms with Gasteiger partial charge in [-0.25, -0.2) is 0 Å². The second-order valence-electron chi connectivity index (χ2n) is 8.83. The van der Waals surface area contributed by atoms with E-state index in [1.165, 1.54) is 0 Å². The molecule has 0 aliphatic carbocycles. The molecule has 1 amide bonds. The number of hydrogen-bond acceptors (Lipinski definition) is 3. The lowest BCUT2D eigenvalue weighted by atomic mass is 10.1. The summed E-state index contributed by atoms with van der Waals surface area (Å²) in [5.41, 5.74) is 2.64. The van der Waals surface area contributed by atoms with E-state index in [2.05, 4.69) is 45.0 Å². The number of hydrogen-bond donors (Lipinski definition) is 2. The SMILES string of the molecule is C[Si](C)(C)/C=C/[C@H](O)[C@@H](CO)N(C[Si](C)(C)C)C(=O)c1ccccc1. The van der Waals surface area contributed by atoms with E-state index in [-0.39, 0.29) is 12.5 Å². The van der Waals surface area contributed by atoms with Gasteiger partial charge >= 0.3 is 0 Å². The van der Waals surface area contributed by atoms with Gasteiger partial charge in [0.1, 0.15) is 0 Å². The van der Waals surface area contributed by atoms with E-state index in [0.29, 0.717) is 11.7 Å². The van der Waals surface area contributed by atoms with Crippen LogP contribution < -0.4 is 0 Å². The molecule has 0 fully saturated rings. The van der Waals surface area contributed by atoms with Crippen LogP contribution >= 0.6 is 0 Å². The first-order valence-electron chi connectivity index (χ1n) is 8.79. The van der Waals surface area contributed by atoms with Gasteiger partial charge in [0.25, 0.3) is 5.91 Å². The maximum atomic E-state index is 13.0. The summed E-state index contributed by atoms with van der Waals surface area (Å²) in [6.07, 6.45) is 1.47. The van der Waals surface area contributed by atoms with E-state index in [9.17, 15) is 15.0 Å². The standard InChI is InChI=1S/C19H33NO3Si2/c1-24(2,3)13-12-18(22)17(14-21)20(15-25(4,5)6)19(23)16-10-8-7-9-11-16/h7-13,17-18,21-22H,14-15H2,1-6H3/b13-12+/t17-,18+/m1/s1. The van der Waals surface area contributed by atoms with Gasteiger partial charge in [-0.2, -0.15) is 0 Å². The fraction of sp³-hybridized carbons (Fsp3) is 0.526. The quantitative estimate of drug-likeness (QED) is 0.682. The molecule has 2 N–H and O–H groups in total.